The number of oxazole rings is 1. The molecule has 0 fully saturated rings. The molecule has 3 nitrogen and oxygen atoms in total. The lowest BCUT2D eigenvalue weighted by atomic mass is 9.83. The maximum atomic E-state index is 5.81. The van der Waals surface area contributed by atoms with Crippen LogP contribution >= 0.6 is 0 Å². The van der Waals surface area contributed by atoms with Gasteiger partial charge in [0, 0.05) is 18.5 Å². The molecule has 0 atom stereocenters. The molecule has 0 saturated heterocycles. The second-order valence-electron chi connectivity index (χ2n) is 6.39. The van der Waals surface area contributed by atoms with Crippen molar-refractivity contribution in [2.45, 2.75) is 46.5 Å². The van der Waals surface area contributed by atoms with Crippen LogP contribution in [-0.2, 0) is 11.8 Å². The molecule has 108 valence electrons. The molecule has 0 aliphatic heterocycles. The molecule has 0 aliphatic rings. The predicted molar refractivity (Wildman–Crippen MR) is 82.9 cm³/mol. The maximum absolute atomic E-state index is 5.81. The van der Waals surface area contributed by atoms with Crippen LogP contribution in [0.1, 0.15) is 43.4 Å². The standard InChI is InChI=1S/C17H24N2O/c1-11-8-13(17(3,4)5)9-12(2)16(11)14-10-19-15(20-14)6-7-18/h8-10H,6-7,18H2,1-5H3. The highest BCUT2D eigenvalue weighted by molar-refractivity contribution is 5.66. The molecule has 0 amide bonds. The first-order valence-electron chi connectivity index (χ1n) is 7.10. The largest absolute Gasteiger partial charge is 0.441 e. The summed E-state index contributed by atoms with van der Waals surface area (Å²) in [7, 11) is 0. The third-order valence-corrected chi connectivity index (χ3v) is 3.56. The molecule has 0 aliphatic carbocycles. The average molecular weight is 272 g/mol. The lowest BCUT2D eigenvalue weighted by Crippen LogP contribution is -2.12. The van der Waals surface area contributed by atoms with E-state index in [1.165, 1.54) is 16.7 Å². The number of aryl methyl sites for hydroxylation is 2. The number of nitrogens with zero attached hydrogens (tertiary/aromatic N) is 1. The van der Waals surface area contributed by atoms with Crippen molar-refractivity contribution in [2.24, 2.45) is 5.73 Å². The first kappa shape index (κ1) is 14.8. The third-order valence-electron chi connectivity index (χ3n) is 3.56. The molecule has 1 aromatic heterocycles. The fraction of sp³-hybridized carbons (Fsp3) is 0.471. The van der Waals surface area contributed by atoms with E-state index in [1.807, 2.05) is 0 Å². The van der Waals surface area contributed by atoms with Crippen LogP contribution in [0.4, 0.5) is 0 Å². The number of benzene rings is 1. The maximum Gasteiger partial charge on any atom is 0.196 e. The quantitative estimate of drug-likeness (QED) is 0.925. The summed E-state index contributed by atoms with van der Waals surface area (Å²) in [6.45, 7) is 11.5. The second kappa shape index (κ2) is 5.41. The van der Waals surface area contributed by atoms with Gasteiger partial charge in [-0.15, -0.1) is 0 Å². The van der Waals surface area contributed by atoms with Crippen molar-refractivity contribution in [1.29, 1.82) is 0 Å². The normalized spacial score (nSPS) is 11.9. The Bertz CT molecular complexity index is 583. The van der Waals surface area contributed by atoms with Crippen LogP contribution in [0.15, 0.2) is 22.7 Å². The summed E-state index contributed by atoms with van der Waals surface area (Å²) in [5.74, 6) is 1.55. The van der Waals surface area contributed by atoms with Crippen molar-refractivity contribution in [3.8, 4) is 11.3 Å². The predicted octanol–water partition coefficient (Wildman–Crippen LogP) is 3.76. The van der Waals surface area contributed by atoms with E-state index >= 15 is 0 Å². The smallest absolute Gasteiger partial charge is 0.196 e. The van der Waals surface area contributed by atoms with E-state index in [1.54, 1.807) is 6.20 Å². The van der Waals surface area contributed by atoms with Crippen LogP contribution in [0.3, 0.4) is 0 Å². The number of aromatic nitrogens is 1. The lowest BCUT2D eigenvalue weighted by Gasteiger charge is -2.21. The second-order valence-corrected chi connectivity index (χ2v) is 6.39. The molecule has 0 spiro atoms. The van der Waals surface area contributed by atoms with E-state index in [0.717, 1.165) is 11.3 Å². The topological polar surface area (TPSA) is 52.0 Å². The van der Waals surface area contributed by atoms with Crippen LogP contribution in [0.2, 0.25) is 0 Å². The molecule has 2 N–H and O–H groups in total. The van der Waals surface area contributed by atoms with Gasteiger partial charge in [0.15, 0.2) is 11.7 Å². The summed E-state index contributed by atoms with van der Waals surface area (Å²) in [4.78, 5) is 4.29. The summed E-state index contributed by atoms with van der Waals surface area (Å²) in [5, 5.41) is 0. The van der Waals surface area contributed by atoms with Gasteiger partial charge in [0.1, 0.15) is 0 Å². The molecule has 3 heteroatoms. The Morgan fingerprint density at radius 3 is 2.25 bits per heavy atom. The van der Waals surface area contributed by atoms with Gasteiger partial charge >= 0.3 is 0 Å². The molecule has 2 rings (SSSR count). The van der Waals surface area contributed by atoms with Crippen molar-refractivity contribution in [2.75, 3.05) is 6.54 Å². The van der Waals surface area contributed by atoms with Gasteiger partial charge in [-0.2, -0.15) is 0 Å². The van der Waals surface area contributed by atoms with Crippen molar-refractivity contribution >= 4 is 0 Å². The zero-order valence-corrected chi connectivity index (χ0v) is 13.1. The molecule has 2 aromatic rings. The van der Waals surface area contributed by atoms with Crippen molar-refractivity contribution in [1.82, 2.24) is 4.98 Å². The Labute approximate surface area is 121 Å². The van der Waals surface area contributed by atoms with Gasteiger partial charge in [0.25, 0.3) is 0 Å². The Balaban J connectivity index is 2.46. The number of hydrogen-bond acceptors (Lipinski definition) is 3. The Kier molecular flexibility index (Phi) is 4.00. The van der Waals surface area contributed by atoms with Crippen LogP contribution in [0.25, 0.3) is 11.3 Å². The highest BCUT2D eigenvalue weighted by Gasteiger charge is 2.18. The van der Waals surface area contributed by atoms with Crippen LogP contribution in [-0.4, -0.2) is 11.5 Å². The highest BCUT2D eigenvalue weighted by Crippen LogP contribution is 2.33. The SMILES string of the molecule is Cc1cc(C(C)(C)C)cc(C)c1-c1cnc(CCN)o1. The molecule has 20 heavy (non-hydrogen) atoms. The zero-order valence-electron chi connectivity index (χ0n) is 13.1. The summed E-state index contributed by atoms with van der Waals surface area (Å²) < 4.78 is 5.81. The van der Waals surface area contributed by atoms with Gasteiger partial charge < -0.3 is 10.2 Å². The number of rotatable bonds is 3. The van der Waals surface area contributed by atoms with E-state index in [-0.39, 0.29) is 5.41 Å². The van der Waals surface area contributed by atoms with E-state index in [0.29, 0.717) is 18.9 Å². The van der Waals surface area contributed by atoms with E-state index in [4.69, 9.17) is 10.2 Å². The van der Waals surface area contributed by atoms with Gasteiger partial charge in [-0.25, -0.2) is 4.98 Å². The fourth-order valence-corrected chi connectivity index (χ4v) is 2.45. The summed E-state index contributed by atoms with van der Waals surface area (Å²) in [5.41, 5.74) is 10.6. The Morgan fingerprint density at radius 2 is 1.75 bits per heavy atom. The highest BCUT2D eigenvalue weighted by atomic mass is 16.4. The first-order chi connectivity index (χ1) is 9.32. The molecule has 1 heterocycles. The Hall–Kier alpha value is -1.61. The number of nitrogens with two attached hydrogens (primary N) is 1. The molecule has 0 saturated carbocycles. The summed E-state index contributed by atoms with van der Waals surface area (Å²) in [6, 6.07) is 4.49. The minimum atomic E-state index is 0.153. The average Bonchev–Trinajstić information content (AvgIpc) is 2.76. The van der Waals surface area contributed by atoms with Crippen molar-refractivity contribution in [3.63, 3.8) is 0 Å². The van der Waals surface area contributed by atoms with Gasteiger partial charge in [-0.1, -0.05) is 32.9 Å². The minimum absolute atomic E-state index is 0.153. The molecular weight excluding hydrogens is 248 g/mol. The molecule has 0 unspecified atom stereocenters. The summed E-state index contributed by atoms with van der Waals surface area (Å²) in [6.07, 6.45) is 2.48. The third kappa shape index (κ3) is 2.93. The van der Waals surface area contributed by atoms with Crippen molar-refractivity contribution in [3.05, 3.63) is 40.9 Å². The molecular formula is C17H24N2O. The van der Waals surface area contributed by atoms with Gasteiger partial charge in [0.2, 0.25) is 0 Å². The lowest BCUT2D eigenvalue weighted by molar-refractivity contribution is 0.507. The van der Waals surface area contributed by atoms with Crippen LogP contribution in [0.5, 0.6) is 0 Å². The van der Waals surface area contributed by atoms with Gasteiger partial charge in [-0.05, 0) is 36.0 Å². The monoisotopic (exact) mass is 272 g/mol. The van der Waals surface area contributed by atoms with Crippen molar-refractivity contribution < 1.29 is 4.42 Å². The van der Waals surface area contributed by atoms with Crippen LogP contribution in [0, 0.1) is 13.8 Å². The van der Waals surface area contributed by atoms with E-state index < -0.39 is 0 Å². The first-order valence-corrected chi connectivity index (χ1v) is 7.10. The Morgan fingerprint density at radius 1 is 1.15 bits per heavy atom. The molecule has 1 aromatic carbocycles. The zero-order chi connectivity index (χ0) is 14.9. The molecule has 0 bridgehead atoms. The fourth-order valence-electron chi connectivity index (χ4n) is 2.45. The van der Waals surface area contributed by atoms with Gasteiger partial charge in [-0.3, -0.25) is 0 Å². The van der Waals surface area contributed by atoms with E-state index in [2.05, 4.69) is 51.7 Å². The van der Waals surface area contributed by atoms with Gasteiger partial charge in [0.05, 0.1) is 6.20 Å². The number of hydrogen-bond donors (Lipinski definition) is 1. The molecule has 0 radical (unpaired) electrons. The summed E-state index contributed by atoms with van der Waals surface area (Å²) >= 11 is 0. The minimum Gasteiger partial charge on any atom is -0.441 e. The van der Waals surface area contributed by atoms with E-state index in [9.17, 15) is 0 Å². The van der Waals surface area contributed by atoms with Crippen LogP contribution < -0.4 is 5.73 Å².